The smallest absolute Gasteiger partial charge is 0.251 e. The van der Waals surface area contributed by atoms with Gasteiger partial charge in [-0.15, -0.1) is 11.3 Å². The maximum atomic E-state index is 12.8. The van der Waals surface area contributed by atoms with E-state index in [9.17, 15) is 4.79 Å². The van der Waals surface area contributed by atoms with Gasteiger partial charge in [0.15, 0.2) is 0 Å². The average molecular weight is 479 g/mol. The van der Waals surface area contributed by atoms with E-state index >= 15 is 0 Å². The molecule has 0 spiro atoms. The number of thiazole rings is 1. The molecule has 172 valence electrons. The van der Waals surface area contributed by atoms with E-state index in [2.05, 4.69) is 30.6 Å². The number of aryl methyl sites for hydroxylation is 1. The number of benzene rings is 2. The molecule has 2 aromatic carbocycles. The molecule has 35 heavy (non-hydrogen) atoms. The third kappa shape index (κ3) is 5.56. The number of nitrogens with one attached hydrogen (secondary N) is 2. The topological polar surface area (TPSA) is 92.7 Å². The van der Waals surface area contributed by atoms with Crippen LogP contribution in [0.2, 0.25) is 0 Å². The van der Waals surface area contributed by atoms with Crippen LogP contribution in [0, 0.1) is 6.92 Å². The first-order valence-electron chi connectivity index (χ1n) is 11.1. The van der Waals surface area contributed by atoms with Gasteiger partial charge in [0, 0.05) is 34.5 Å². The number of nitrogens with zero attached hydrogens (tertiary/aromatic N) is 4. The van der Waals surface area contributed by atoms with E-state index in [1.807, 2.05) is 79.0 Å². The molecular formula is C27H22N6OS. The highest BCUT2D eigenvalue weighted by Crippen LogP contribution is 2.23. The van der Waals surface area contributed by atoms with Crippen LogP contribution in [0.1, 0.15) is 21.9 Å². The van der Waals surface area contributed by atoms with Gasteiger partial charge < -0.3 is 10.6 Å². The molecule has 3 heterocycles. The third-order valence-corrected chi connectivity index (χ3v) is 6.08. The molecule has 3 aromatic heterocycles. The second kappa shape index (κ2) is 10.2. The summed E-state index contributed by atoms with van der Waals surface area (Å²) in [5.74, 6) is 1.15. The Kier molecular flexibility index (Phi) is 6.54. The highest BCUT2D eigenvalue weighted by atomic mass is 32.1. The van der Waals surface area contributed by atoms with Gasteiger partial charge in [-0.1, -0.05) is 42.5 Å². The van der Waals surface area contributed by atoms with Gasteiger partial charge in [0.2, 0.25) is 0 Å². The molecule has 2 N–H and O–H groups in total. The molecule has 0 saturated carbocycles. The molecular weight excluding hydrogens is 456 g/mol. The zero-order chi connectivity index (χ0) is 24.0. The lowest BCUT2D eigenvalue weighted by molar-refractivity contribution is 0.0950. The quantitative estimate of drug-likeness (QED) is 0.314. The molecule has 5 aromatic rings. The van der Waals surface area contributed by atoms with Crippen molar-refractivity contribution in [2.75, 3.05) is 5.32 Å². The number of amides is 1. The van der Waals surface area contributed by atoms with Crippen LogP contribution in [0.3, 0.4) is 0 Å². The van der Waals surface area contributed by atoms with Crippen LogP contribution in [-0.4, -0.2) is 25.8 Å². The van der Waals surface area contributed by atoms with E-state index in [0.29, 0.717) is 23.8 Å². The largest absolute Gasteiger partial charge is 0.346 e. The molecule has 0 radical (unpaired) electrons. The SMILES string of the molecule is Cc1nc(Nc2cccc(C(=O)NCc3csc(-c4ccccn4)n3)c2)cc(-c2ccccc2)n1. The summed E-state index contributed by atoms with van der Waals surface area (Å²) in [5.41, 5.74) is 4.78. The standard InChI is InChI=1S/C27H22N6OS/c1-18-30-24(19-8-3-2-4-9-19)15-25(31-18)32-21-11-7-10-20(14-21)26(34)29-16-22-17-35-27(33-22)23-12-5-6-13-28-23/h2-15,17H,16H2,1H3,(H,29,34)(H,30,31,32). The van der Waals surface area contributed by atoms with Crippen LogP contribution < -0.4 is 10.6 Å². The number of rotatable bonds is 7. The number of anilines is 2. The third-order valence-electron chi connectivity index (χ3n) is 5.17. The summed E-state index contributed by atoms with van der Waals surface area (Å²) in [5, 5.41) is 9.00. The Bertz CT molecular complexity index is 1450. The Morgan fingerprint density at radius 3 is 2.57 bits per heavy atom. The molecule has 0 aliphatic carbocycles. The Balaban J connectivity index is 1.26. The normalized spacial score (nSPS) is 10.7. The molecule has 0 unspecified atom stereocenters. The molecule has 7 nitrogen and oxygen atoms in total. The average Bonchev–Trinajstić information content (AvgIpc) is 3.37. The number of carbonyl (C=O) groups is 1. The summed E-state index contributed by atoms with van der Waals surface area (Å²) in [6.07, 6.45) is 1.74. The van der Waals surface area contributed by atoms with Gasteiger partial charge >= 0.3 is 0 Å². The second-order valence-electron chi connectivity index (χ2n) is 7.80. The van der Waals surface area contributed by atoms with Crippen LogP contribution in [0.25, 0.3) is 22.0 Å². The lowest BCUT2D eigenvalue weighted by Gasteiger charge is -2.10. The second-order valence-corrected chi connectivity index (χ2v) is 8.66. The number of aromatic nitrogens is 4. The zero-order valence-corrected chi connectivity index (χ0v) is 19.8. The fraction of sp³-hybridized carbons (Fsp3) is 0.0741. The van der Waals surface area contributed by atoms with E-state index in [0.717, 1.165) is 33.3 Å². The van der Waals surface area contributed by atoms with Crippen molar-refractivity contribution in [2.45, 2.75) is 13.5 Å². The summed E-state index contributed by atoms with van der Waals surface area (Å²) in [6, 6.07) is 24.9. The summed E-state index contributed by atoms with van der Waals surface area (Å²) in [7, 11) is 0. The van der Waals surface area contributed by atoms with Crippen LogP contribution in [0.5, 0.6) is 0 Å². The van der Waals surface area contributed by atoms with Gasteiger partial charge in [-0.2, -0.15) is 0 Å². The van der Waals surface area contributed by atoms with Crippen LogP contribution in [0.15, 0.2) is 90.4 Å². The monoisotopic (exact) mass is 478 g/mol. The lowest BCUT2D eigenvalue weighted by atomic mass is 10.1. The van der Waals surface area contributed by atoms with E-state index in [-0.39, 0.29) is 5.91 Å². The summed E-state index contributed by atoms with van der Waals surface area (Å²) in [4.78, 5) is 30.7. The first kappa shape index (κ1) is 22.4. The van der Waals surface area contributed by atoms with Gasteiger partial charge in [0.05, 0.1) is 23.6 Å². The minimum absolute atomic E-state index is 0.176. The van der Waals surface area contributed by atoms with Gasteiger partial charge in [-0.3, -0.25) is 9.78 Å². The Morgan fingerprint density at radius 1 is 0.886 bits per heavy atom. The van der Waals surface area contributed by atoms with Crippen molar-refractivity contribution in [3.63, 3.8) is 0 Å². The van der Waals surface area contributed by atoms with Gasteiger partial charge in [-0.05, 0) is 37.3 Å². The molecule has 0 atom stereocenters. The molecule has 0 aliphatic rings. The van der Waals surface area contributed by atoms with E-state index in [4.69, 9.17) is 0 Å². The van der Waals surface area contributed by atoms with Crippen LogP contribution in [-0.2, 0) is 6.54 Å². The summed E-state index contributed by atoms with van der Waals surface area (Å²) < 4.78 is 0. The van der Waals surface area contributed by atoms with Crippen molar-refractivity contribution in [2.24, 2.45) is 0 Å². The molecule has 0 bridgehead atoms. The predicted octanol–water partition coefficient (Wildman–Crippen LogP) is 5.64. The highest BCUT2D eigenvalue weighted by Gasteiger charge is 2.10. The maximum Gasteiger partial charge on any atom is 0.251 e. The number of carbonyl (C=O) groups excluding carboxylic acids is 1. The van der Waals surface area contributed by atoms with Crippen molar-refractivity contribution in [3.8, 4) is 22.0 Å². The molecule has 5 rings (SSSR count). The minimum Gasteiger partial charge on any atom is -0.346 e. The Morgan fingerprint density at radius 2 is 1.74 bits per heavy atom. The Labute approximate surface area is 207 Å². The van der Waals surface area contributed by atoms with Crippen molar-refractivity contribution in [3.05, 3.63) is 108 Å². The van der Waals surface area contributed by atoms with Crippen molar-refractivity contribution in [1.82, 2.24) is 25.3 Å². The molecule has 8 heteroatoms. The molecule has 0 aliphatic heterocycles. The number of pyridine rings is 1. The fourth-order valence-electron chi connectivity index (χ4n) is 3.54. The number of hydrogen-bond acceptors (Lipinski definition) is 7. The van der Waals surface area contributed by atoms with E-state index in [1.165, 1.54) is 11.3 Å². The van der Waals surface area contributed by atoms with Gasteiger partial charge in [0.25, 0.3) is 5.91 Å². The number of hydrogen-bond donors (Lipinski definition) is 2. The van der Waals surface area contributed by atoms with Crippen LogP contribution in [0.4, 0.5) is 11.5 Å². The van der Waals surface area contributed by atoms with Crippen LogP contribution >= 0.6 is 11.3 Å². The Hall–Kier alpha value is -4.43. The summed E-state index contributed by atoms with van der Waals surface area (Å²) >= 11 is 1.51. The van der Waals surface area contributed by atoms with Crippen molar-refractivity contribution in [1.29, 1.82) is 0 Å². The van der Waals surface area contributed by atoms with Gasteiger partial charge in [-0.25, -0.2) is 15.0 Å². The summed E-state index contributed by atoms with van der Waals surface area (Å²) in [6.45, 7) is 2.20. The lowest BCUT2D eigenvalue weighted by Crippen LogP contribution is -2.23. The molecule has 0 fully saturated rings. The first-order chi connectivity index (χ1) is 17.1. The minimum atomic E-state index is -0.176. The van der Waals surface area contributed by atoms with Gasteiger partial charge in [0.1, 0.15) is 16.6 Å². The predicted molar refractivity (Wildman–Crippen MR) is 138 cm³/mol. The highest BCUT2D eigenvalue weighted by molar-refractivity contribution is 7.13. The van der Waals surface area contributed by atoms with Crippen molar-refractivity contribution >= 4 is 28.7 Å². The zero-order valence-electron chi connectivity index (χ0n) is 19.0. The fourth-order valence-corrected chi connectivity index (χ4v) is 4.34. The van der Waals surface area contributed by atoms with E-state index < -0.39 is 0 Å². The first-order valence-corrected chi connectivity index (χ1v) is 11.9. The molecule has 1 amide bonds. The van der Waals surface area contributed by atoms with E-state index in [1.54, 1.807) is 18.3 Å². The van der Waals surface area contributed by atoms with Crippen molar-refractivity contribution < 1.29 is 4.79 Å². The maximum absolute atomic E-state index is 12.8. The molecule has 0 saturated heterocycles.